The van der Waals surface area contributed by atoms with Crippen LogP contribution >= 0.6 is 11.3 Å². The van der Waals surface area contributed by atoms with Crippen molar-refractivity contribution in [2.75, 3.05) is 18.2 Å². The molecule has 0 unspecified atom stereocenters. The van der Waals surface area contributed by atoms with Gasteiger partial charge >= 0.3 is 11.9 Å². The van der Waals surface area contributed by atoms with Crippen molar-refractivity contribution in [3.05, 3.63) is 51.6 Å². The van der Waals surface area contributed by atoms with Crippen molar-refractivity contribution >= 4 is 31.9 Å². The highest BCUT2D eigenvalue weighted by Gasteiger charge is 2.30. The van der Waals surface area contributed by atoms with Gasteiger partial charge in [-0.3, -0.25) is 10.1 Å². The Morgan fingerprint density at radius 2 is 1.80 bits per heavy atom. The molecule has 2 rings (SSSR count). The van der Waals surface area contributed by atoms with E-state index < -0.39 is 26.5 Å². The molecule has 0 saturated carbocycles. The highest BCUT2D eigenvalue weighted by atomic mass is 32.2. The van der Waals surface area contributed by atoms with Crippen molar-refractivity contribution in [2.24, 2.45) is 0 Å². The molecule has 1 aromatic carbocycles. The van der Waals surface area contributed by atoms with Crippen LogP contribution in [0, 0.1) is 10.1 Å². The lowest BCUT2D eigenvalue weighted by Crippen LogP contribution is -2.16. The van der Waals surface area contributed by atoms with E-state index in [9.17, 15) is 31.7 Å². The number of hydrogen-bond acceptors (Lipinski definition) is 6. The molecule has 136 valence electrons. The Labute approximate surface area is 145 Å². The molecule has 0 atom stereocenters. The van der Waals surface area contributed by atoms with Crippen LogP contribution in [0.5, 0.6) is 0 Å². The van der Waals surface area contributed by atoms with Crippen LogP contribution < -0.4 is 4.90 Å². The lowest BCUT2D eigenvalue weighted by Gasteiger charge is -2.17. The number of nitrogens with zero attached hydrogens (tertiary/aromatic N) is 2. The molecule has 0 aliphatic carbocycles. The summed E-state index contributed by atoms with van der Waals surface area (Å²) < 4.78 is 60.7. The van der Waals surface area contributed by atoms with Gasteiger partial charge in [-0.25, -0.2) is 8.42 Å². The maximum absolute atomic E-state index is 12.6. The quantitative estimate of drug-likeness (QED) is 0.570. The summed E-state index contributed by atoms with van der Waals surface area (Å²) >= 11 is 0.746. The first kappa shape index (κ1) is 19.2. The van der Waals surface area contributed by atoms with Crippen LogP contribution in [0.1, 0.15) is 11.1 Å². The fourth-order valence-electron chi connectivity index (χ4n) is 2.08. The predicted molar refractivity (Wildman–Crippen MR) is 87.6 cm³/mol. The Morgan fingerprint density at radius 3 is 2.24 bits per heavy atom. The third-order valence-corrected chi connectivity index (χ3v) is 6.32. The van der Waals surface area contributed by atoms with Crippen LogP contribution in [-0.2, 0) is 22.6 Å². The predicted octanol–water partition coefficient (Wildman–Crippen LogP) is 3.72. The number of anilines is 1. The van der Waals surface area contributed by atoms with Gasteiger partial charge in [-0.2, -0.15) is 13.2 Å². The van der Waals surface area contributed by atoms with Gasteiger partial charge in [0, 0.05) is 25.9 Å². The molecular weight excluding hydrogens is 381 g/mol. The number of hydrogen-bond donors (Lipinski definition) is 0. The Balaban J connectivity index is 2.30. The molecule has 1 aromatic heterocycles. The Morgan fingerprint density at radius 1 is 1.24 bits per heavy atom. The smallest absolute Gasteiger partial charge is 0.357 e. The minimum Gasteiger partial charge on any atom is -0.357 e. The van der Waals surface area contributed by atoms with Gasteiger partial charge < -0.3 is 4.90 Å². The van der Waals surface area contributed by atoms with Crippen molar-refractivity contribution in [3.63, 3.8) is 0 Å². The van der Waals surface area contributed by atoms with Crippen LogP contribution in [0.4, 0.5) is 23.9 Å². The van der Waals surface area contributed by atoms with Crippen molar-refractivity contribution in [2.45, 2.75) is 16.9 Å². The van der Waals surface area contributed by atoms with Crippen molar-refractivity contribution in [3.8, 4) is 0 Å². The van der Waals surface area contributed by atoms with Gasteiger partial charge in [-0.05, 0) is 17.7 Å². The highest BCUT2D eigenvalue weighted by Crippen LogP contribution is 2.39. The molecular formula is C14H13F3N2O4S2. The summed E-state index contributed by atoms with van der Waals surface area (Å²) in [7, 11) is -2.10. The second-order valence-electron chi connectivity index (χ2n) is 5.34. The third-order valence-electron chi connectivity index (χ3n) is 3.28. The molecule has 0 fully saturated rings. The zero-order valence-corrected chi connectivity index (χ0v) is 14.7. The molecule has 0 amide bonds. The fraction of sp³-hybridized carbons (Fsp3) is 0.286. The molecule has 25 heavy (non-hydrogen) atoms. The van der Waals surface area contributed by atoms with Crippen molar-refractivity contribution in [1.82, 2.24) is 0 Å². The van der Waals surface area contributed by atoms with E-state index in [2.05, 4.69) is 0 Å². The standard InChI is InChI=1S/C14H13F3N2O4S2/c1-18(8-9-3-5-10(6-4-9)14(15,16)17)13-11(19(20)21)7-12(24-13)25(2,22)23/h3-7H,8H2,1-2H3. The third kappa shape index (κ3) is 4.48. The van der Waals surface area contributed by atoms with Crippen LogP contribution in [0.2, 0.25) is 0 Å². The maximum atomic E-state index is 12.6. The van der Waals surface area contributed by atoms with E-state index in [4.69, 9.17) is 0 Å². The van der Waals surface area contributed by atoms with E-state index in [0.29, 0.717) is 5.56 Å². The van der Waals surface area contributed by atoms with E-state index in [1.807, 2.05) is 0 Å². The number of thiophene rings is 1. The lowest BCUT2D eigenvalue weighted by atomic mass is 10.1. The SMILES string of the molecule is CN(Cc1ccc(C(F)(F)F)cc1)c1sc(S(C)(=O)=O)cc1[N+](=O)[O-]. The Hall–Kier alpha value is -2.14. The van der Waals surface area contributed by atoms with Crippen LogP contribution in [-0.4, -0.2) is 26.6 Å². The first-order chi connectivity index (χ1) is 11.4. The summed E-state index contributed by atoms with van der Waals surface area (Å²) in [5, 5.41) is 11.3. The molecule has 6 nitrogen and oxygen atoms in total. The highest BCUT2D eigenvalue weighted by molar-refractivity contribution is 7.92. The van der Waals surface area contributed by atoms with E-state index in [1.165, 1.54) is 24.1 Å². The second kappa shape index (κ2) is 6.64. The van der Waals surface area contributed by atoms with Gasteiger partial charge in [0.1, 0.15) is 4.21 Å². The fourth-order valence-corrected chi connectivity index (χ4v) is 4.07. The summed E-state index contributed by atoms with van der Waals surface area (Å²) in [5.41, 5.74) is -0.653. The summed E-state index contributed by atoms with van der Waals surface area (Å²) in [6, 6.07) is 5.38. The number of alkyl halides is 3. The maximum Gasteiger partial charge on any atom is 0.416 e. The minimum absolute atomic E-state index is 0.0860. The summed E-state index contributed by atoms with van der Waals surface area (Å²) in [4.78, 5) is 11.9. The monoisotopic (exact) mass is 394 g/mol. The Kier molecular flexibility index (Phi) is 5.09. The summed E-state index contributed by atoms with van der Waals surface area (Å²) in [5.74, 6) is 0. The molecule has 0 bridgehead atoms. The second-order valence-corrected chi connectivity index (χ2v) is 8.61. The number of halogens is 3. The summed E-state index contributed by atoms with van der Waals surface area (Å²) in [6.07, 6.45) is -3.50. The van der Waals surface area contributed by atoms with Gasteiger partial charge in [0.25, 0.3) is 0 Å². The molecule has 11 heteroatoms. The number of nitro groups is 1. The van der Waals surface area contributed by atoms with Gasteiger partial charge in [0.05, 0.1) is 10.5 Å². The number of benzene rings is 1. The van der Waals surface area contributed by atoms with Crippen molar-refractivity contribution in [1.29, 1.82) is 0 Å². The van der Waals surface area contributed by atoms with Crippen LogP contribution in [0.3, 0.4) is 0 Å². The first-order valence-electron chi connectivity index (χ1n) is 6.75. The molecule has 0 N–H and O–H groups in total. The molecule has 0 saturated heterocycles. The number of rotatable bonds is 5. The average molecular weight is 394 g/mol. The van der Waals surface area contributed by atoms with E-state index >= 15 is 0 Å². The lowest BCUT2D eigenvalue weighted by molar-refractivity contribution is -0.383. The van der Waals surface area contributed by atoms with Crippen LogP contribution in [0.25, 0.3) is 0 Å². The molecule has 0 aliphatic rings. The summed E-state index contributed by atoms with van der Waals surface area (Å²) in [6.45, 7) is 0.0860. The zero-order chi connectivity index (χ0) is 19.0. The topological polar surface area (TPSA) is 80.5 Å². The van der Waals surface area contributed by atoms with Crippen molar-refractivity contribution < 1.29 is 26.5 Å². The largest absolute Gasteiger partial charge is 0.416 e. The molecule has 0 radical (unpaired) electrons. The van der Waals surface area contributed by atoms with Gasteiger partial charge in [-0.1, -0.05) is 23.5 Å². The Bertz CT molecular complexity index is 890. The van der Waals surface area contributed by atoms with E-state index in [-0.39, 0.29) is 21.4 Å². The zero-order valence-electron chi connectivity index (χ0n) is 13.1. The van der Waals surface area contributed by atoms with E-state index in [1.54, 1.807) is 0 Å². The normalized spacial score (nSPS) is 12.2. The average Bonchev–Trinajstić information content (AvgIpc) is 2.92. The van der Waals surface area contributed by atoms with E-state index in [0.717, 1.165) is 35.8 Å². The molecule has 1 heterocycles. The molecule has 2 aromatic rings. The number of sulfone groups is 1. The van der Waals surface area contributed by atoms with Gasteiger partial charge in [0.15, 0.2) is 14.8 Å². The first-order valence-corrected chi connectivity index (χ1v) is 9.46. The molecule has 0 aliphatic heterocycles. The van der Waals surface area contributed by atoms with Gasteiger partial charge in [0.2, 0.25) is 0 Å². The minimum atomic E-state index is -4.44. The van der Waals surface area contributed by atoms with Gasteiger partial charge in [-0.15, -0.1) is 0 Å². The molecule has 0 spiro atoms. The van der Waals surface area contributed by atoms with Crippen LogP contribution in [0.15, 0.2) is 34.5 Å².